The van der Waals surface area contributed by atoms with Gasteiger partial charge in [0.25, 0.3) is 0 Å². The smallest absolute Gasteiger partial charge is 0.0738 e. The number of piperidine rings is 1. The third-order valence-corrected chi connectivity index (χ3v) is 5.75. The molecule has 0 spiro atoms. The number of hydrogen-bond acceptors (Lipinski definition) is 3. The van der Waals surface area contributed by atoms with E-state index >= 15 is 0 Å². The molecule has 0 aliphatic carbocycles. The predicted molar refractivity (Wildman–Crippen MR) is 108 cm³/mol. The van der Waals surface area contributed by atoms with E-state index in [0.717, 1.165) is 42.9 Å². The van der Waals surface area contributed by atoms with Crippen molar-refractivity contribution in [1.29, 1.82) is 0 Å². The van der Waals surface area contributed by atoms with Crippen LogP contribution in [0.1, 0.15) is 41.1 Å². The highest BCUT2D eigenvalue weighted by atomic mass is 16.5. The summed E-state index contributed by atoms with van der Waals surface area (Å²) in [6, 6.07) is 17.2. The molecule has 1 saturated heterocycles. The highest BCUT2D eigenvalue weighted by Gasteiger charge is 2.23. The van der Waals surface area contributed by atoms with Crippen LogP contribution in [0.5, 0.6) is 0 Å². The van der Waals surface area contributed by atoms with Crippen molar-refractivity contribution < 1.29 is 5.21 Å². The van der Waals surface area contributed by atoms with Crippen LogP contribution in [0.15, 0.2) is 54.7 Å². The lowest BCUT2D eigenvalue weighted by Crippen LogP contribution is -2.29. The van der Waals surface area contributed by atoms with Gasteiger partial charge in [0.2, 0.25) is 0 Å². The van der Waals surface area contributed by atoms with Crippen molar-refractivity contribution in [3.05, 3.63) is 77.1 Å². The fourth-order valence-corrected chi connectivity index (χ4v) is 4.10. The molecule has 1 aliphatic rings. The van der Waals surface area contributed by atoms with Crippen LogP contribution in [0.4, 0.5) is 0 Å². The molecule has 0 atom stereocenters. The first kappa shape index (κ1) is 17.8. The number of aryl methyl sites for hydroxylation is 1. The number of likely N-dealkylation sites (tertiary alicyclic amines) is 1. The first-order valence-corrected chi connectivity index (χ1v) is 9.71. The van der Waals surface area contributed by atoms with Crippen molar-refractivity contribution in [3.63, 3.8) is 0 Å². The highest BCUT2D eigenvalue weighted by Crippen LogP contribution is 2.31. The number of rotatable bonds is 4. The minimum atomic E-state index is 0.489. The van der Waals surface area contributed by atoms with E-state index in [0.29, 0.717) is 5.92 Å². The quantitative estimate of drug-likeness (QED) is 0.696. The standard InChI is InChI=1S/C23H27N3O/c1-17-5-3-4-6-21(17)19-9-7-18(8-10-19)15-23-22(16-26(27)24-23)20-11-13-25(2)14-12-20/h3-10,16,20,27H,11-15H2,1-2H3. The number of nitrogens with zero attached hydrogens (tertiary/aromatic N) is 3. The molecule has 0 unspecified atom stereocenters. The number of benzene rings is 2. The molecular weight excluding hydrogens is 334 g/mol. The summed E-state index contributed by atoms with van der Waals surface area (Å²) in [5.74, 6) is 0.489. The zero-order chi connectivity index (χ0) is 18.8. The topological polar surface area (TPSA) is 41.3 Å². The lowest BCUT2D eigenvalue weighted by Gasteiger charge is -2.28. The molecule has 2 heterocycles. The van der Waals surface area contributed by atoms with Crippen molar-refractivity contribution in [2.24, 2.45) is 0 Å². The Morgan fingerprint density at radius 2 is 1.74 bits per heavy atom. The number of aromatic nitrogens is 2. The van der Waals surface area contributed by atoms with Crippen LogP contribution in [-0.4, -0.2) is 40.2 Å². The molecule has 4 heteroatoms. The van der Waals surface area contributed by atoms with E-state index in [-0.39, 0.29) is 0 Å². The molecule has 1 aromatic heterocycles. The molecule has 27 heavy (non-hydrogen) atoms. The SMILES string of the molecule is Cc1ccccc1-c1ccc(Cc2nn(O)cc2C2CCN(C)CC2)cc1. The lowest BCUT2D eigenvalue weighted by molar-refractivity contribution is 0.147. The van der Waals surface area contributed by atoms with Gasteiger partial charge in [-0.3, -0.25) is 0 Å². The molecule has 0 amide bonds. The molecule has 0 bridgehead atoms. The van der Waals surface area contributed by atoms with Crippen LogP contribution in [0, 0.1) is 6.92 Å². The lowest BCUT2D eigenvalue weighted by atomic mass is 9.88. The zero-order valence-corrected chi connectivity index (χ0v) is 16.1. The third-order valence-electron chi connectivity index (χ3n) is 5.75. The maximum atomic E-state index is 9.91. The van der Waals surface area contributed by atoms with Crippen LogP contribution < -0.4 is 0 Å². The Morgan fingerprint density at radius 3 is 2.44 bits per heavy atom. The second-order valence-electron chi connectivity index (χ2n) is 7.72. The van der Waals surface area contributed by atoms with Gasteiger partial charge in [-0.05, 0) is 68.1 Å². The second kappa shape index (κ2) is 7.57. The van der Waals surface area contributed by atoms with E-state index in [9.17, 15) is 5.21 Å². The Bertz CT molecular complexity index is 906. The van der Waals surface area contributed by atoms with Gasteiger partial charge in [-0.25, -0.2) is 0 Å². The van der Waals surface area contributed by atoms with Gasteiger partial charge in [0.15, 0.2) is 0 Å². The fraction of sp³-hybridized carbons (Fsp3) is 0.348. The Kier molecular flexibility index (Phi) is 4.99. The van der Waals surface area contributed by atoms with E-state index in [4.69, 9.17) is 0 Å². The Labute approximate surface area is 161 Å². The van der Waals surface area contributed by atoms with E-state index in [1.807, 2.05) is 0 Å². The van der Waals surface area contributed by atoms with E-state index in [2.05, 4.69) is 72.5 Å². The maximum Gasteiger partial charge on any atom is 0.0738 e. The van der Waals surface area contributed by atoms with Crippen LogP contribution in [0.3, 0.4) is 0 Å². The first-order chi connectivity index (χ1) is 13.1. The zero-order valence-electron chi connectivity index (χ0n) is 16.1. The molecule has 0 saturated carbocycles. The molecule has 4 rings (SSSR count). The molecule has 2 aromatic carbocycles. The average Bonchev–Trinajstić information content (AvgIpc) is 3.04. The van der Waals surface area contributed by atoms with Crippen molar-refractivity contribution in [3.8, 4) is 11.1 Å². The van der Waals surface area contributed by atoms with Crippen molar-refractivity contribution >= 4 is 0 Å². The minimum absolute atomic E-state index is 0.489. The van der Waals surface area contributed by atoms with Gasteiger partial charge < -0.3 is 10.1 Å². The van der Waals surface area contributed by atoms with Crippen LogP contribution in [0.2, 0.25) is 0 Å². The summed E-state index contributed by atoms with van der Waals surface area (Å²) in [6.07, 6.45) is 4.80. The van der Waals surface area contributed by atoms with E-state index < -0.39 is 0 Å². The van der Waals surface area contributed by atoms with Gasteiger partial charge in [0.05, 0.1) is 11.9 Å². The molecule has 1 aliphatic heterocycles. The third kappa shape index (κ3) is 3.91. The summed E-state index contributed by atoms with van der Waals surface area (Å²) in [6.45, 7) is 4.35. The molecular formula is C23H27N3O. The highest BCUT2D eigenvalue weighted by molar-refractivity contribution is 5.67. The largest absolute Gasteiger partial charge is 0.412 e. The van der Waals surface area contributed by atoms with Gasteiger partial charge in [-0.15, -0.1) is 9.94 Å². The molecule has 1 N–H and O–H groups in total. The normalized spacial score (nSPS) is 15.9. The van der Waals surface area contributed by atoms with Crippen molar-refractivity contribution in [1.82, 2.24) is 14.8 Å². The first-order valence-electron chi connectivity index (χ1n) is 9.71. The van der Waals surface area contributed by atoms with Gasteiger partial charge in [-0.2, -0.15) is 0 Å². The van der Waals surface area contributed by atoms with Gasteiger partial charge >= 0.3 is 0 Å². The molecule has 0 radical (unpaired) electrons. The van der Waals surface area contributed by atoms with Crippen LogP contribution in [-0.2, 0) is 6.42 Å². The fourth-order valence-electron chi connectivity index (χ4n) is 4.10. The Balaban J connectivity index is 1.54. The second-order valence-corrected chi connectivity index (χ2v) is 7.72. The van der Waals surface area contributed by atoms with Gasteiger partial charge in [-0.1, -0.05) is 48.5 Å². The van der Waals surface area contributed by atoms with E-state index in [1.54, 1.807) is 6.20 Å². The molecule has 4 nitrogen and oxygen atoms in total. The van der Waals surface area contributed by atoms with Crippen LogP contribution in [0.25, 0.3) is 11.1 Å². The minimum Gasteiger partial charge on any atom is -0.412 e. The van der Waals surface area contributed by atoms with Crippen molar-refractivity contribution in [2.45, 2.75) is 32.1 Å². The summed E-state index contributed by atoms with van der Waals surface area (Å²) in [5, 5.41) is 14.3. The summed E-state index contributed by atoms with van der Waals surface area (Å²) >= 11 is 0. The van der Waals surface area contributed by atoms with Gasteiger partial charge in [0.1, 0.15) is 0 Å². The Hall–Kier alpha value is -2.59. The Morgan fingerprint density at radius 1 is 1.04 bits per heavy atom. The molecule has 3 aromatic rings. The van der Waals surface area contributed by atoms with E-state index in [1.165, 1.54) is 27.8 Å². The summed E-state index contributed by atoms with van der Waals surface area (Å²) in [7, 11) is 2.17. The maximum absolute atomic E-state index is 9.91. The summed E-state index contributed by atoms with van der Waals surface area (Å²) in [4.78, 5) is 3.36. The van der Waals surface area contributed by atoms with Gasteiger partial charge in [0, 0.05) is 12.0 Å². The summed E-state index contributed by atoms with van der Waals surface area (Å²) < 4.78 is 0. The van der Waals surface area contributed by atoms with Crippen LogP contribution >= 0.6 is 0 Å². The monoisotopic (exact) mass is 361 g/mol. The molecule has 140 valence electrons. The summed E-state index contributed by atoms with van der Waals surface area (Å²) in [5.41, 5.74) is 7.22. The average molecular weight is 361 g/mol. The number of hydrogen-bond donors (Lipinski definition) is 1. The predicted octanol–water partition coefficient (Wildman–Crippen LogP) is 4.50. The van der Waals surface area contributed by atoms with Crippen molar-refractivity contribution in [2.75, 3.05) is 20.1 Å². The molecule has 1 fully saturated rings.